The summed E-state index contributed by atoms with van der Waals surface area (Å²) in [6.07, 6.45) is 1.99. The number of likely N-dealkylation sites (tertiary alicyclic amines) is 2. The van der Waals surface area contributed by atoms with Gasteiger partial charge in [-0.05, 0) is 25.3 Å². The summed E-state index contributed by atoms with van der Waals surface area (Å²) < 4.78 is 5.16. The number of carbonyl (C=O) groups excluding carboxylic acids is 1. The van der Waals surface area contributed by atoms with Crippen molar-refractivity contribution in [3.63, 3.8) is 0 Å². The molecule has 2 aliphatic rings. The fourth-order valence-corrected chi connectivity index (χ4v) is 3.52. The highest BCUT2D eigenvalue weighted by Crippen LogP contribution is 2.32. The van der Waals surface area contributed by atoms with E-state index in [9.17, 15) is 4.79 Å². The first-order valence-corrected chi connectivity index (χ1v) is 7.51. The van der Waals surface area contributed by atoms with Crippen LogP contribution < -0.4 is 0 Å². The minimum absolute atomic E-state index is 0.137. The van der Waals surface area contributed by atoms with Crippen LogP contribution in [0.4, 0.5) is 4.79 Å². The number of benzene rings is 1. The number of ether oxygens (including phenoxy) is 1. The topological polar surface area (TPSA) is 32.8 Å². The van der Waals surface area contributed by atoms with E-state index in [2.05, 4.69) is 29.2 Å². The zero-order chi connectivity index (χ0) is 13.9. The van der Waals surface area contributed by atoms with Gasteiger partial charge in [0.2, 0.25) is 0 Å². The van der Waals surface area contributed by atoms with Crippen LogP contribution in [0.25, 0.3) is 0 Å². The van der Waals surface area contributed by atoms with Gasteiger partial charge in [0.15, 0.2) is 0 Å². The van der Waals surface area contributed by atoms with Crippen LogP contribution in [-0.4, -0.2) is 47.7 Å². The van der Waals surface area contributed by atoms with Gasteiger partial charge in [-0.1, -0.05) is 30.3 Å². The third-order valence-electron chi connectivity index (χ3n) is 4.42. The van der Waals surface area contributed by atoms with E-state index in [0.717, 1.165) is 32.5 Å². The molecule has 4 heteroatoms. The van der Waals surface area contributed by atoms with Crippen molar-refractivity contribution in [2.24, 2.45) is 0 Å². The molecular formula is C16H22N2O2. The zero-order valence-corrected chi connectivity index (χ0v) is 12.0. The Morgan fingerprint density at radius 2 is 1.95 bits per heavy atom. The van der Waals surface area contributed by atoms with Crippen LogP contribution in [0.3, 0.4) is 0 Å². The summed E-state index contributed by atoms with van der Waals surface area (Å²) in [5.41, 5.74) is 1.35. The Hall–Kier alpha value is -1.55. The highest BCUT2D eigenvalue weighted by Gasteiger charge is 2.44. The summed E-state index contributed by atoms with van der Waals surface area (Å²) in [5, 5.41) is 0. The third-order valence-corrected chi connectivity index (χ3v) is 4.42. The standard InChI is InChI=1S/C16H22N2O2/c1-2-20-16(19)18-11-9-14-15(18)8-10-17(14)12-13-6-4-3-5-7-13/h3-7,14-15H,2,8-12H2,1H3. The smallest absolute Gasteiger partial charge is 0.410 e. The Labute approximate surface area is 120 Å². The van der Waals surface area contributed by atoms with Gasteiger partial charge in [0, 0.05) is 25.7 Å². The monoisotopic (exact) mass is 274 g/mol. The second-order valence-corrected chi connectivity index (χ2v) is 5.56. The lowest BCUT2D eigenvalue weighted by Crippen LogP contribution is -2.39. The Morgan fingerprint density at radius 3 is 2.70 bits per heavy atom. The van der Waals surface area contributed by atoms with Crippen molar-refractivity contribution in [1.82, 2.24) is 9.80 Å². The molecule has 0 aromatic heterocycles. The summed E-state index contributed by atoms with van der Waals surface area (Å²) in [4.78, 5) is 16.4. The van der Waals surface area contributed by atoms with Crippen LogP contribution >= 0.6 is 0 Å². The van der Waals surface area contributed by atoms with Crippen LogP contribution in [0, 0.1) is 0 Å². The third kappa shape index (κ3) is 2.52. The maximum absolute atomic E-state index is 11.9. The molecule has 2 heterocycles. The number of carbonyl (C=O) groups is 1. The Bertz CT molecular complexity index is 463. The molecule has 2 unspecified atom stereocenters. The molecule has 0 N–H and O–H groups in total. The lowest BCUT2D eigenvalue weighted by atomic mass is 10.1. The van der Waals surface area contributed by atoms with Crippen LogP contribution in [0.2, 0.25) is 0 Å². The van der Waals surface area contributed by atoms with E-state index in [-0.39, 0.29) is 6.09 Å². The van der Waals surface area contributed by atoms with Gasteiger partial charge in [-0.2, -0.15) is 0 Å². The summed E-state index contributed by atoms with van der Waals surface area (Å²) in [6, 6.07) is 11.4. The van der Waals surface area contributed by atoms with E-state index in [4.69, 9.17) is 4.74 Å². The van der Waals surface area contributed by atoms with Crippen LogP contribution in [0.5, 0.6) is 0 Å². The molecule has 0 aliphatic carbocycles. The molecule has 2 fully saturated rings. The van der Waals surface area contributed by atoms with Gasteiger partial charge in [-0.15, -0.1) is 0 Å². The van der Waals surface area contributed by atoms with Crippen molar-refractivity contribution in [2.75, 3.05) is 19.7 Å². The van der Waals surface area contributed by atoms with Crippen molar-refractivity contribution in [3.05, 3.63) is 35.9 Å². The first kappa shape index (κ1) is 13.4. The van der Waals surface area contributed by atoms with Gasteiger partial charge >= 0.3 is 6.09 Å². The minimum atomic E-state index is -0.137. The van der Waals surface area contributed by atoms with Gasteiger partial charge in [-0.3, -0.25) is 4.90 Å². The van der Waals surface area contributed by atoms with Crippen molar-refractivity contribution in [1.29, 1.82) is 0 Å². The molecule has 3 rings (SSSR count). The quantitative estimate of drug-likeness (QED) is 0.849. The molecule has 1 aromatic carbocycles. The minimum Gasteiger partial charge on any atom is -0.450 e. The molecule has 2 atom stereocenters. The van der Waals surface area contributed by atoms with E-state index in [1.807, 2.05) is 17.9 Å². The molecule has 20 heavy (non-hydrogen) atoms. The fraction of sp³-hybridized carbons (Fsp3) is 0.562. The molecule has 0 radical (unpaired) electrons. The van der Waals surface area contributed by atoms with Crippen LogP contribution in [0.15, 0.2) is 30.3 Å². The van der Waals surface area contributed by atoms with E-state index in [1.165, 1.54) is 5.56 Å². The maximum atomic E-state index is 11.9. The van der Waals surface area contributed by atoms with E-state index in [1.54, 1.807) is 0 Å². The molecule has 2 saturated heterocycles. The largest absolute Gasteiger partial charge is 0.450 e. The van der Waals surface area contributed by atoms with Crippen molar-refractivity contribution in [3.8, 4) is 0 Å². The second kappa shape index (κ2) is 5.83. The first-order valence-electron chi connectivity index (χ1n) is 7.51. The Kier molecular flexibility index (Phi) is 3.92. The summed E-state index contributed by atoms with van der Waals surface area (Å²) in [7, 11) is 0. The SMILES string of the molecule is CCOC(=O)N1CCC2C1CCN2Cc1ccccc1. The number of fused-ring (bicyclic) bond motifs is 1. The molecule has 1 aromatic rings. The zero-order valence-electron chi connectivity index (χ0n) is 12.0. The molecule has 0 saturated carbocycles. The van der Waals surface area contributed by atoms with Crippen molar-refractivity contribution in [2.45, 2.75) is 38.4 Å². The van der Waals surface area contributed by atoms with Gasteiger partial charge in [0.05, 0.1) is 12.6 Å². The predicted molar refractivity (Wildman–Crippen MR) is 77.4 cm³/mol. The highest BCUT2D eigenvalue weighted by atomic mass is 16.6. The highest BCUT2D eigenvalue weighted by molar-refractivity contribution is 5.68. The Morgan fingerprint density at radius 1 is 1.20 bits per heavy atom. The number of hydrogen-bond acceptors (Lipinski definition) is 3. The molecule has 108 valence electrons. The van der Waals surface area contributed by atoms with E-state index >= 15 is 0 Å². The second-order valence-electron chi connectivity index (χ2n) is 5.56. The molecule has 0 spiro atoms. The summed E-state index contributed by atoms with van der Waals surface area (Å²) in [5.74, 6) is 0. The summed E-state index contributed by atoms with van der Waals surface area (Å²) >= 11 is 0. The molecule has 4 nitrogen and oxygen atoms in total. The van der Waals surface area contributed by atoms with Crippen LogP contribution in [-0.2, 0) is 11.3 Å². The number of hydrogen-bond donors (Lipinski definition) is 0. The average Bonchev–Trinajstić information content (AvgIpc) is 3.03. The van der Waals surface area contributed by atoms with Gasteiger partial charge in [-0.25, -0.2) is 4.79 Å². The van der Waals surface area contributed by atoms with Gasteiger partial charge in [0.25, 0.3) is 0 Å². The normalized spacial score (nSPS) is 25.8. The first-order chi connectivity index (χ1) is 9.79. The number of nitrogens with zero attached hydrogens (tertiary/aromatic N) is 2. The predicted octanol–water partition coefficient (Wildman–Crippen LogP) is 2.49. The molecule has 2 aliphatic heterocycles. The molecular weight excluding hydrogens is 252 g/mol. The van der Waals surface area contributed by atoms with E-state index in [0.29, 0.717) is 18.7 Å². The molecule has 1 amide bonds. The van der Waals surface area contributed by atoms with Gasteiger partial charge < -0.3 is 9.64 Å². The van der Waals surface area contributed by atoms with Crippen molar-refractivity contribution >= 4 is 6.09 Å². The average molecular weight is 274 g/mol. The number of rotatable bonds is 3. The fourth-order valence-electron chi connectivity index (χ4n) is 3.52. The van der Waals surface area contributed by atoms with Crippen LogP contribution in [0.1, 0.15) is 25.3 Å². The van der Waals surface area contributed by atoms with Crippen molar-refractivity contribution < 1.29 is 9.53 Å². The lowest BCUT2D eigenvalue weighted by molar-refractivity contribution is 0.101. The molecule has 0 bridgehead atoms. The number of amides is 1. The van der Waals surface area contributed by atoms with Gasteiger partial charge in [0.1, 0.15) is 0 Å². The summed E-state index contributed by atoms with van der Waals surface area (Å²) in [6.45, 7) is 5.21. The Balaban J connectivity index is 1.64. The van der Waals surface area contributed by atoms with E-state index < -0.39 is 0 Å². The lowest BCUT2D eigenvalue weighted by Gasteiger charge is -2.25. The maximum Gasteiger partial charge on any atom is 0.410 e.